The molecule has 0 aliphatic carbocycles. The van der Waals surface area contributed by atoms with Crippen molar-refractivity contribution in [1.29, 1.82) is 0 Å². The summed E-state index contributed by atoms with van der Waals surface area (Å²) in [6.07, 6.45) is 1.71. The van der Waals surface area contributed by atoms with Gasteiger partial charge in [-0.25, -0.2) is 0 Å². The van der Waals surface area contributed by atoms with Gasteiger partial charge in [0.15, 0.2) is 0 Å². The van der Waals surface area contributed by atoms with Crippen LogP contribution in [0.1, 0.15) is 24.4 Å². The quantitative estimate of drug-likeness (QED) is 0.942. The Balaban J connectivity index is 2.01. The number of benzene rings is 1. The van der Waals surface area contributed by atoms with Crippen molar-refractivity contribution in [2.24, 2.45) is 7.05 Å². The Hall–Kier alpha value is -1.20. The predicted octanol–water partition coefficient (Wildman–Crippen LogP) is 2.43. The molecular weight excluding hydrogens is 280 g/mol. The van der Waals surface area contributed by atoms with E-state index in [0.717, 1.165) is 10.3 Å². The highest BCUT2D eigenvalue weighted by Gasteiger charge is 2.09. The molecule has 17 heavy (non-hydrogen) atoms. The molecule has 2 rings (SSSR count). The lowest BCUT2D eigenvalue weighted by molar-refractivity contribution is 0.547. The maximum Gasteiger partial charge on any atom is 0.146 e. The summed E-state index contributed by atoms with van der Waals surface area (Å²) < 4.78 is 3.04. The normalized spacial score (nSPS) is 12.6. The molecule has 0 saturated carbocycles. The van der Waals surface area contributed by atoms with Crippen LogP contribution in [0.15, 0.2) is 35.1 Å². The molecule has 90 valence electrons. The summed E-state index contributed by atoms with van der Waals surface area (Å²) in [5.74, 6) is 0.934. The van der Waals surface area contributed by atoms with Crippen LogP contribution in [0.2, 0.25) is 0 Å². The predicted molar refractivity (Wildman–Crippen MR) is 70.4 cm³/mol. The molecular formula is C12H15BrN4. The number of aryl methyl sites for hydroxylation is 1. The fourth-order valence-electron chi connectivity index (χ4n) is 1.65. The fourth-order valence-corrected chi connectivity index (χ4v) is 2.28. The summed E-state index contributed by atoms with van der Waals surface area (Å²) in [7, 11) is 1.94. The molecule has 1 N–H and O–H groups in total. The molecule has 0 amide bonds. The maximum atomic E-state index is 4.04. The van der Waals surface area contributed by atoms with Crippen LogP contribution < -0.4 is 5.32 Å². The standard InChI is InChI=1S/C12H15BrN4/c1-9(10-5-3-4-6-11(10)13)14-7-12-16-15-8-17(12)2/h3-6,8-9,14H,7H2,1-2H3. The number of hydrogen-bond donors (Lipinski definition) is 1. The molecule has 0 radical (unpaired) electrons. The zero-order chi connectivity index (χ0) is 12.3. The van der Waals surface area contributed by atoms with Crippen LogP contribution in [0.25, 0.3) is 0 Å². The van der Waals surface area contributed by atoms with Crippen molar-refractivity contribution in [3.05, 3.63) is 46.5 Å². The van der Waals surface area contributed by atoms with Crippen LogP contribution in [0.5, 0.6) is 0 Å². The lowest BCUT2D eigenvalue weighted by Gasteiger charge is -2.15. The second-order valence-electron chi connectivity index (χ2n) is 3.98. The van der Waals surface area contributed by atoms with Crippen molar-refractivity contribution >= 4 is 15.9 Å². The largest absolute Gasteiger partial charge is 0.320 e. The van der Waals surface area contributed by atoms with Gasteiger partial charge in [-0.3, -0.25) is 0 Å². The first-order valence-electron chi connectivity index (χ1n) is 5.49. The Morgan fingerprint density at radius 1 is 1.41 bits per heavy atom. The second-order valence-corrected chi connectivity index (χ2v) is 4.84. The van der Waals surface area contributed by atoms with E-state index in [1.54, 1.807) is 6.33 Å². The van der Waals surface area contributed by atoms with E-state index in [2.05, 4.69) is 50.5 Å². The molecule has 0 aliphatic rings. The molecule has 2 aromatic rings. The van der Waals surface area contributed by atoms with Crippen LogP contribution in [0, 0.1) is 0 Å². The molecule has 1 aromatic carbocycles. The van der Waals surface area contributed by atoms with E-state index in [-0.39, 0.29) is 6.04 Å². The maximum absolute atomic E-state index is 4.04. The van der Waals surface area contributed by atoms with Crippen LogP contribution in [-0.4, -0.2) is 14.8 Å². The summed E-state index contributed by atoms with van der Waals surface area (Å²) >= 11 is 3.56. The summed E-state index contributed by atoms with van der Waals surface area (Å²) in [6.45, 7) is 2.84. The minimum atomic E-state index is 0.266. The SMILES string of the molecule is CC(NCc1nncn1C)c1ccccc1Br. The molecule has 0 fully saturated rings. The molecule has 0 bridgehead atoms. The van der Waals surface area contributed by atoms with Gasteiger partial charge in [0, 0.05) is 17.6 Å². The van der Waals surface area contributed by atoms with Gasteiger partial charge in [0.05, 0.1) is 6.54 Å². The van der Waals surface area contributed by atoms with Gasteiger partial charge >= 0.3 is 0 Å². The zero-order valence-electron chi connectivity index (χ0n) is 9.89. The number of rotatable bonds is 4. The van der Waals surface area contributed by atoms with Crippen molar-refractivity contribution in [1.82, 2.24) is 20.1 Å². The van der Waals surface area contributed by atoms with Gasteiger partial charge in [-0.15, -0.1) is 10.2 Å². The summed E-state index contributed by atoms with van der Waals surface area (Å²) in [5, 5.41) is 11.3. The summed E-state index contributed by atoms with van der Waals surface area (Å²) in [5.41, 5.74) is 1.25. The number of aromatic nitrogens is 3. The van der Waals surface area contributed by atoms with E-state index in [0.29, 0.717) is 6.54 Å². The topological polar surface area (TPSA) is 42.7 Å². The first kappa shape index (κ1) is 12.3. The Bertz CT molecular complexity index is 495. The van der Waals surface area contributed by atoms with Crippen molar-refractivity contribution < 1.29 is 0 Å². The van der Waals surface area contributed by atoms with Crippen molar-refractivity contribution in [2.45, 2.75) is 19.5 Å². The van der Waals surface area contributed by atoms with E-state index < -0.39 is 0 Å². The van der Waals surface area contributed by atoms with E-state index in [9.17, 15) is 0 Å². The minimum Gasteiger partial charge on any atom is -0.320 e. The molecule has 0 spiro atoms. The van der Waals surface area contributed by atoms with Gasteiger partial charge < -0.3 is 9.88 Å². The van der Waals surface area contributed by atoms with E-state index in [1.807, 2.05) is 23.7 Å². The Labute approximate surface area is 109 Å². The third kappa shape index (κ3) is 2.92. The van der Waals surface area contributed by atoms with Gasteiger partial charge in [-0.05, 0) is 18.6 Å². The van der Waals surface area contributed by atoms with Crippen LogP contribution in [0.4, 0.5) is 0 Å². The van der Waals surface area contributed by atoms with Gasteiger partial charge in [0.2, 0.25) is 0 Å². The first-order valence-corrected chi connectivity index (χ1v) is 6.28. The Morgan fingerprint density at radius 3 is 2.82 bits per heavy atom. The number of nitrogens with one attached hydrogen (secondary N) is 1. The van der Waals surface area contributed by atoms with E-state index >= 15 is 0 Å². The molecule has 0 saturated heterocycles. The van der Waals surface area contributed by atoms with E-state index in [4.69, 9.17) is 0 Å². The first-order chi connectivity index (χ1) is 8.18. The van der Waals surface area contributed by atoms with E-state index in [1.165, 1.54) is 5.56 Å². The zero-order valence-corrected chi connectivity index (χ0v) is 11.5. The summed E-state index contributed by atoms with van der Waals surface area (Å²) in [6, 6.07) is 8.49. The molecule has 0 aliphatic heterocycles. The third-order valence-corrected chi connectivity index (χ3v) is 3.47. The van der Waals surface area contributed by atoms with Gasteiger partial charge in [-0.2, -0.15) is 0 Å². The lowest BCUT2D eigenvalue weighted by atomic mass is 10.1. The molecule has 1 atom stereocenters. The van der Waals surface area contributed by atoms with Crippen molar-refractivity contribution in [2.75, 3.05) is 0 Å². The smallest absolute Gasteiger partial charge is 0.146 e. The van der Waals surface area contributed by atoms with Gasteiger partial charge in [-0.1, -0.05) is 34.1 Å². The number of hydrogen-bond acceptors (Lipinski definition) is 3. The highest BCUT2D eigenvalue weighted by molar-refractivity contribution is 9.10. The van der Waals surface area contributed by atoms with Crippen LogP contribution in [0.3, 0.4) is 0 Å². The molecule has 1 unspecified atom stereocenters. The van der Waals surface area contributed by atoms with Gasteiger partial charge in [0.1, 0.15) is 12.2 Å². The van der Waals surface area contributed by atoms with Crippen LogP contribution >= 0.6 is 15.9 Å². The monoisotopic (exact) mass is 294 g/mol. The molecule has 1 aromatic heterocycles. The highest BCUT2D eigenvalue weighted by atomic mass is 79.9. The average Bonchev–Trinajstić information content (AvgIpc) is 2.72. The minimum absolute atomic E-state index is 0.266. The van der Waals surface area contributed by atoms with Crippen molar-refractivity contribution in [3.8, 4) is 0 Å². The fraction of sp³-hybridized carbons (Fsp3) is 0.333. The van der Waals surface area contributed by atoms with Crippen molar-refractivity contribution in [3.63, 3.8) is 0 Å². The van der Waals surface area contributed by atoms with Gasteiger partial charge in [0.25, 0.3) is 0 Å². The molecule has 1 heterocycles. The summed E-state index contributed by atoms with van der Waals surface area (Å²) in [4.78, 5) is 0. The Morgan fingerprint density at radius 2 is 2.18 bits per heavy atom. The van der Waals surface area contributed by atoms with Crippen LogP contribution in [-0.2, 0) is 13.6 Å². The average molecular weight is 295 g/mol. The third-order valence-electron chi connectivity index (χ3n) is 2.74. The molecule has 5 heteroatoms. The molecule has 4 nitrogen and oxygen atoms in total. The second kappa shape index (κ2) is 5.42. The number of nitrogens with zero attached hydrogens (tertiary/aromatic N) is 3. The number of halogens is 1. The lowest BCUT2D eigenvalue weighted by Crippen LogP contribution is -2.20. The Kier molecular flexibility index (Phi) is 3.91. The highest BCUT2D eigenvalue weighted by Crippen LogP contribution is 2.22.